The second-order valence-corrected chi connectivity index (χ2v) is 6.57. The molecule has 0 radical (unpaired) electrons. The highest BCUT2D eigenvalue weighted by Crippen LogP contribution is 2.37. The standard InChI is InChI=1S/C16H23F2N3O4/c1-16(9-19)3-4-20(10-16)7-11-5-13(24-2)14(25-8-15(17)18)6-12(11)21(22)23/h5-6,15H,3-4,7-10,19H2,1-2H3. The number of benzene rings is 1. The molecule has 1 heterocycles. The fraction of sp³-hybridized carbons (Fsp3) is 0.625. The fourth-order valence-corrected chi connectivity index (χ4v) is 2.98. The average Bonchev–Trinajstić information content (AvgIpc) is 2.94. The van der Waals surface area contributed by atoms with E-state index in [4.69, 9.17) is 15.2 Å². The maximum atomic E-state index is 12.4. The molecular formula is C16H23F2N3O4. The summed E-state index contributed by atoms with van der Waals surface area (Å²) in [6.45, 7) is 3.67. The Kier molecular flexibility index (Phi) is 6.12. The third-order valence-electron chi connectivity index (χ3n) is 4.45. The minimum absolute atomic E-state index is 0.000811. The summed E-state index contributed by atoms with van der Waals surface area (Å²) in [5.41, 5.74) is 6.07. The number of likely N-dealkylation sites (tertiary alicyclic amines) is 1. The highest BCUT2D eigenvalue weighted by atomic mass is 19.3. The third kappa shape index (κ3) is 4.76. The van der Waals surface area contributed by atoms with Crippen LogP contribution in [-0.2, 0) is 6.54 Å². The summed E-state index contributed by atoms with van der Waals surface area (Å²) >= 11 is 0. The van der Waals surface area contributed by atoms with Crippen molar-refractivity contribution in [3.05, 3.63) is 27.8 Å². The second-order valence-electron chi connectivity index (χ2n) is 6.57. The molecule has 1 saturated heterocycles. The molecule has 1 unspecified atom stereocenters. The molecule has 0 spiro atoms. The minimum atomic E-state index is -2.68. The number of hydrogen-bond donors (Lipinski definition) is 1. The van der Waals surface area contributed by atoms with Crippen LogP contribution in [0.15, 0.2) is 12.1 Å². The maximum absolute atomic E-state index is 12.4. The lowest BCUT2D eigenvalue weighted by Crippen LogP contribution is -2.31. The summed E-state index contributed by atoms with van der Waals surface area (Å²) in [5.74, 6) is 0.133. The summed E-state index contributed by atoms with van der Waals surface area (Å²) in [4.78, 5) is 12.9. The zero-order valence-electron chi connectivity index (χ0n) is 14.3. The first-order valence-electron chi connectivity index (χ1n) is 7.96. The summed E-state index contributed by atoms with van der Waals surface area (Å²) in [6, 6.07) is 2.63. The number of methoxy groups -OCH3 is 1. The highest BCUT2D eigenvalue weighted by molar-refractivity contribution is 5.54. The number of rotatable bonds is 8. The van der Waals surface area contributed by atoms with Gasteiger partial charge in [-0.15, -0.1) is 0 Å². The van der Waals surface area contributed by atoms with Crippen molar-refractivity contribution < 1.29 is 23.2 Å². The molecule has 140 valence electrons. The van der Waals surface area contributed by atoms with Gasteiger partial charge in [-0.1, -0.05) is 6.92 Å². The van der Waals surface area contributed by atoms with Gasteiger partial charge in [-0.05, 0) is 31.0 Å². The average molecular weight is 359 g/mol. The monoisotopic (exact) mass is 359 g/mol. The van der Waals surface area contributed by atoms with E-state index in [0.717, 1.165) is 25.6 Å². The molecule has 0 bridgehead atoms. The molecule has 1 aromatic rings. The van der Waals surface area contributed by atoms with Crippen LogP contribution in [0.2, 0.25) is 0 Å². The van der Waals surface area contributed by atoms with Crippen LogP contribution in [0.1, 0.15) is 18.9 Å². The van der Waals surface area contributed by atoms with Gasteiger partial charge in [-0.25, -0.2) is 8.78 Å². The Morgan fingerprint density at radius 2 is 2.16 bits per heavy atom. The van der Waals surface area contributed by atoms with Crippen molar-refractivity contribution >= 4 is 5.69 Å². The van der Waals surface area contributed by atoms with Crippen LogP contribution >= 0.6 is 0 Å². The van der Waals surface area contributed by atoms with Gasteiger partial charge in [0, 0.05) is 18.7 Å². The van der Waals surface area contributed by atoms with Gasteiger partial charge in [-0.2, -0.15) is 0 Å². The van der Waals surface area contributed by atoms with E-state index in [9.17, 15) is 18.9 Å². The van der Waals surface area contributed by atoms with Crippen molar-refractivity contribution in [2.45, 2.75) is 26.3 Å². The van der Waals surface area contributed by atoms with E-state index in [1.165, 1.54) is 13.2 Å². The maximum Gasteiger partial charge on any atom is 0.277 e. The van der Waals surface area contributed by atoms with E-state index in [1.807, 2.05) is 0 Å². The molecule has 0 aromatic heterocycles. The van der Waals surface area contributed by atoms with E-state index >= 15 is 0 Å². The third-order valence-corrected chi connectivity index (χ3v) is 4.45. The van der Waals surface area contributed by atoms with Gasteiger partial charge in [0.1, 0.15) is 6.61 Å². The van der Waals surface area contributed by atoms with Crippen LogP contribution < -0.4 is 15.2 Å². The van der Waals surface area contributed by atoms with Crippen molar-refractivity contribution in [2.24, 2.45) is 11.1 Å². The van der Waals surface area contributed by atoms with Gasteiger partial charge in [-0.3, -0.25) is 15.0 Å². The van der Waals surface area contributed by atoms with Crippen LogP contribution in [0.3, 0.4) is 0 Å². The van der Waals surface area contributed by atoms with Crippen molar-refractivity contribution in [2.75, 3.05) is 33.4 Å². The molecule has 0 amide bonds. The van der Waals surface area contributed by atoms with E-state index in [2.05, 4.69) is 11.8 Å². The molecule has 2 rings (SSSR count). The Morgan fingerprint density at radius 1 is 1.44 bits per heavy atom. The van der Waals surface area contributed by atoms with Crippen molar-refractivity contribution in [1.82, 2.24) is 4.90 Å². The molecule has 2 N–H and O–H groups in total. The Balaban J connectivity index is 2.26. The molecule has 1 atom stereocenters. The fourth-order valence-electron chi connectivity index (χ4n) is 2.98. The quantitative estimate of drug-likeness (QED) is 0.566. The number of nitrogens with two attached hydrogens (primary N) is 1. The van der Waals surface area contributed by atoms with Crippen LogP contribution in [-0.4, -0.2) is 49.6 Å². The van der Waals surface area contributed by atoms with Crippen molar-refractivity contribution in [3.63, 3.8) is 0 Å². The lowest BCUT2D eigenvalue weighted by atomic mass is 9.90. The number of halogens is 2. The SMILES string of the molecule is COc1cc(CN2CCC(C)(CN)C2)c([N+](=O)[O-])cc1OCC(F)F. The van der Waals surface area contributed by atoms with Gasteiger partial charge in [0.25, 0.3) is 12.1 Å². The second kappa shape index (κ2) is 7.92. The van der Waals surface area contributed by atoms with Gasteiger partial charge in [0.2, 0.25) is 0 Å². The first kappa shape index (κ1) is 19.3. The van der Waals surface area contributed by atoms with Crippen LogP contribution in [0, 0.1) is 15.5 Å². The predicted molar refractivity (Wildman–Crippen MR) is 88.2 cm³/mol. The van der Waals surface area contributed by atoms with Crippen LogP contribution in [0.5, 0.6) is 11.5 Å². The van der Waals surface area contributed by atoms with Gasteiger partial charge in [0.15, 0.2) is 11.5 Å². The van der Waals surface area contributed by atoms with Crippen LogP contribution in [0.25, 0.3) is 0 Å². The summed E-state index contributed by atoms with van der Waals surface area (Å²) < 4.78 is 34.8. The number of nitro benzene ring substituents is 1. The molecule has 7 nitrogen and oxygen atoms in total. The number of hydrogen-bond acceptors (Lipinski definition) is 6. The smallest absolute Gasteiger partial charge is 0.277 e. The van der Waals surface area contributed by atoms with Crippen molar-refractivity contribution in [1.29, 1.82) is 0 Å². The topological polar surface area (TPSA) is 90.9 Å². The number of nitrogens with zero attached hydrogens (tertiary/aromatic N) is 2. The molecule has 0 saturated carbocycles. The number of alkyl halides is 2. The van der Waals surface area contributed by atoms with E-state index < -0.39 is 18.0 Å². The highest BCUT2D eigenvalue weighted by Gasteiger charge is 2.33. The van der Waals surface area contributed by atoms with Gasteiger partial charge < -0.3 is 15.2 Å². The lowest BCUT2D eigenvalue weighted by molar-refractivity contribution is -0.385. The molecule has 1 aromatic carbocycles. The summed E-state index contributed by atoms with van der Waals surface area (Å²) in [5, 5.41) is 11.4. The summed E-state index contributed by atoms with van der Waals surface area (Å²) in [7, 11) is 1.36. The first-order chi connectivity index (χ1) is 11.8. The zero-order chi connectivity index (χ0) is 18.6. The summed E-state index contributed by atoms with van der Waals surface area (Å²) in [6.07, 6.45) is -1.76. The van der Waals surface area contributed by atoms with E-state index in [0.29, 0.717) is 18.7 Å². The number of nitro groups is 1. The zero-order valence-corrected chi connectivity index (χ0v) is 14.3. The normalized spacial score (nSPS) is 20.9. The minimum Gasteiger partial charge on any atom is -0.493 e. The molecule has 1 fully saturated rings. The number of ether oxygens (including phenoxy) is 2. The van der Waals surface area contributed by atoms with Gasteiger partial charge in [0.05, 0.1) is 18.1 Å². The Hall–Kier alpha value is -2.00. The largest absolute Gasteiger partial charge is 0.493 e. The van der Waals surface area contributed by atoms with E-state index in [1.54, 1.807) is 0 Å². The van der Waals surface area contributed by atoms with Gasteiger partial charge >= 0.3 is 0 Å². The molecule has 9 heteroatoms. The first-order valence-corrected chi connectivity index (χ1v) is 7.96. The molecule has 25 heavy (non-hydrogen) atoms. The van der Waals surface area contributed by atoms with E-state index in [-0.39, 0.29) is 22.6 Å². The predicted octanol–water partition coefficient (Wildman–Crippen LogP) is 2.42. The Labute approximate surface area is 144 Å². The van der Waals surface area contributed by atoms with Crippen molar-refractivity contribution in [3.8, 4) is 11.5 Å². The Bertz CT molecular complexity index is 630. The lowest BCUT2D eigenvalue weighted by Gasteiger charge is -2.22. The molecule has 1 aliphatic rings. The Morgan fingerprint density at radius 3 is 2.68 bits per heavy atom. The molecule has 1 aliphatic heterocycles. The molecular weight excluding hydrogens is 336 g/mol. The van der Waals surface area contributed by atoms with Crippen LogP contribution in [0.4, 0.5) is 14.5 Å². The molecule has 0 aliphatic carbocycles.